The molecule has 0 aromatic carbocycles. The van der Waals surface area contributed by atoms with E-state index in [0.717, 1.165) is 4.90 Å². The van der Waals surface area contributed by atoms with Crippen LogP contribution < -0.4 is 0 Å². The number of carboxylic acids is 1. The van der Waals surface area contributed by atoms with Crippen molar-refractivity contribution in [2.45, 2.75) is 18.9 Å². The first-order valence-electron chi connectivity index (χ1n) is 6.69. The fraction of sp³-hybridized carbons (Fsp3) is 0.462. The normalized spacial score (nSPS) is 21.7. The van der Waals surface area contributed by atoms with Gasteiger partial charge in [0.25, 0.3) is 0 Å². The summed E-state index contributed by atoms with van der Waals surface area (Å²) in [6.45, 7) is 2.86. The Labute approximate surface area is 125 Å². The van der Waals surface area contributed by atoms with Gasteiger partial charge in [0.05, 0.1) is 0 Å². The molecule has 1 atom stereocenters. The predicted octanol–water partition coefficient (Wildman–Crippen LogP) is -0.961. The highest BCUT2D eigenvalue weighted by atomic mass is 16.4. The van der Waals surface area contributed by atoms with E-state index in [0.29, 0.717) is 22.6 Å². The minimum Gasteiger partial charge on any atom is -0.480 e. The van der Waals surface area contributed by atoms with Crippen LogP contribution in [0.25, 0.3) is 0 Å². The van der Waals surface area contributed by atoms with Crippen LogP contribution in [0.3, 0.4) is 0 Å². The van der Waals surface area contributed by atoms with Crippen molar-refractivity contribution in [2.75, 3.05) is 19.6 Å². The third-order valence-corrected chi connectivity index (χ3v) is 3.60. The number of hydrogen-bond acceptors (Lipinski definition) is 5. The van der Waals surface area contributed by atoms with Crippen molar-refractivity contribution >= 4 is 29.7 Å². The summed E-state index contributed by atoms with van der Waals surface area (Å²) < 4.78 is 0. The van der Waals surface area contributed by atoms with Gasteiger partial charge in [-0.1, -0.05) is 6.08 Å². The Morgan fingerprint density at radius 1 is 1.23 bits per heavy atom. The van der Waals surface area contributed by atoms with Crippen LogP contribution in [-0.2, 0) is 19.2 Å². The maximum absolute atomic E-state index is 12.1. The van der Waals surface area contributed by atoms with Crippen LogP contribution in [0.1, 0.15) is 12.8 Å². The van der Waals surface area contributed by atoms with E-state index in [2.05, 4.69) is 6.58 Å². The zero-order valence-corrected chi connectivity index (χ0v) is 11.7. The zero-order chi connectivity index (χ0) is 16.4. The van der Waals surface area contributed by atoms with Crippen molar-refractivity contribution in [1.29, 1.82) is 0 Å². The van der Waals surface area contributed by atoms with Gasteiger partial charge in [0.15, 0.2) is 0 Å². The monoisotopic (exact) mass is 309 g/mol. The lowest BCUT2D eigenvalue weighted by atomic mass is 10.2. The molecule has 0 radical (unpaired) electrons. The molecule has 0 aliphatic carbocycles. The van der Waals surface area contributed by atoms with Crippen LogP contribution in [0.15, 0.2) is 12.7 Å². The Bertz CT molecular complexity index is 572. The largest absolute Gasteiger partial charge is 0.480 e. The molecule has 9 heteroatoms. The molecule has 2 fully saturated rings. The molecule has 22 heavy (non-hydrogen) atoms. The number of aliphatic carboxylic acids is 1. The summed E-state index contributed by atoms with van der Waals surface area (Å²) in [4.78, 5) is 60.9. The van der Waals surface area contributed by atoms with Crippen LogP contribution in [0.4, 0.5) is 4.79 Å². The molecule has 2 rings (SSSR count). The van der Waals surface area contributed by atoms with Crippen molar-refractivity contribution < 1.29 is 29.1 Å². The molecule has 0 saturated carbocycles. The molecule has 0 aromatic rings. The summed E-state index contributed by atoms with van der Waals surface area (Å²) in [5.74, 6) is -3.91. The Hall–Kier alpha value is -2.71. The maximum atomic E-state index is 12.1. The molecule has 2 aliphatic rings. The van der Waals surface area contributed by atoms with Crippen LogP contribution in [0.5, 0.6) is 0 Å². The molecule has 0 aromatic heterocycles. The second-order valence-electron chi connectivity index (χ2n) is 4.96. The molecule has 2 aliphatic heterocycles. The molecule has 0 spiro atoms. The summed E-state index contributed by atoms with van der Waals surface area (Å²) in [7, 11) is 0. The van der Waals surface area contributed by atoms with Gasteiger partial charge in [-0.2, -0.15) is 0 Å². The number of imide groups is 2. The molecule has 1 N–H and O–H groups in total. The van der Waals surface area contributed by atoms with E-state index in [-0.39, 0.29) is 13.1 Å². The second kappa shape index (κ2) is 5.96. The lowest BCUT2D eigenvalue weighted by molar-refractivity contribution is -0.149. The number of amides is 5. The molecule has 5 amide bonds. The van der Waals surface area contributed by atoms with Gasteiger partial charge < -0.3 is 10.0 Å². The van der Waals surface area contributed by atoms with Crippen LogP contribution >= 0.6 is 0 Å². The topological polar surface area (TPSA) is 115 Å². The van der Waals surface area contributed by atoms with E-state index >= 15 is 0 Å². The second-order valence-corrected chi connectivity index (χ2v) is 4.96. The molecule has 2 heterocycles. The van der Waals surface area contributed by atoms with Gasteiger partial charge >= 0.3 is 23.8 Å². The summed E-state index contributed by atoms with van der Waals surface area (Å²) in [5, 5.41) is 9.04. The van der Waals surface area contributed by atoms with Gasteiger partial charge in [0.1, 0.15) is 12.6 Å². The molecule has 0 unspecified atom stereocenters. The lowest BCUT2D eigenvalue weighted by Crippen LogP contribution is -2.47. The highest BCUT2D eigenvalue weighted by molar-refractivity contribution is 6.45. The molecule has 9 nitrogen and oxygen atoms in total. The maximum Gasteiger partial charge on any atom is 0.335 e. The van der Waals surface area contributed by atoms with Gasteiger partial charge in [-0.05, 0) is 12.8 Å². The molecule has 2 saturated heterocycles. The van der Waals surface area contributed by atoms with E-state index in [4.69, 9.17) is 5.11 Å². The highest BCUT2D eigenvalue weighted by Gasteiger charge is 2.46. The fourth-order valence-electron chi connectivity index (χ4n) is 2.53. The summed E-state index contributed by atoms with van der Waals surface area (Å²) in [6, 6.07) is -1.85. The Kier molecular flexibility index (Phi) is 4.25. The van der Waals surface area contributed by atoms with Gasteiger partial charge in [-0.3, -0.25) is 19.3 Å². The Morgan fingerprint density at radius 3 is 2.45 bits per heavy atom. The van der Waals surface area contributed by atoms with E-state index in [9.17, 15) is 24.0 Å². The summed E-state index contributed by atoms with van der Waals surface area (Å²) in [6.07, 6.45) is 2.14. The first kappa shape index (κ1) is 15.7. The van der Waals surface area contributed by atoms with Crippen molar-refractivity contribution in [3.8, 4) is 0 Å². The number of nitrogens with zero attached hydrogens (tertiary/aromatic N) is 3. The van der Waals surface area contributed by atoms with Gasteiger partial charge in [0.2, 0.25) is 5.91 Å². The number of hydrogen-bond donors (Lipinski definition) is 1. The molecule has 0 bridgehead atoms. The minimum absolute atomic E-state index is 0.129. The van der Waals surface area contributed by atoms with Crippen molar-refractivity contribution in [3.05, 3.63) is 12.7 Å². The first-order valence-corrected chi connectivity index (χ1v) is 6.69. The van der Waals surface area contributed by atoms with Crippen molar-refractivity contribution in [1.82, 2.24) is 14.7 Å². The quantitative estimate of drug-likeness (QED) is 0.397. The van der Waals surface area contributed by atoms with Gasteiger partial charge in [0, 0.05) is 13.1 Å². The zero-order valence-electron chi connectivity index (χ0n) is 11.7. The van der Waals surface area contributed by atoms with Gasteiger partial charge in [-0.25, -0.2) is 14.5 Å². The number of urea groups is 1. The van der Waals surface area contributed by atoms with E-state index in [1.54, 1.807) is 0 Å². The van der Waals surface area contributed by atoms with Crippen molar-refractivity contribution in [3.63, 3.8) is 0 Å². The lowest BCUT2D eigenvalue weighted by Gasteiger charge is -2.23. The third kappa shape index (κ3) is 2.57. The molecular formula is C13H15N3O6. The fourth-order valence-corrected chi connectivity index (χ4v) is 2.53. The number of carbonyl (C=O) groups is 5. The number of likely N-dealkylation sites (tertiary alicyclic amines) is 1. The number of rotatable bonds is 5. The average molecular weight is 309 g/mol. The number of carboxylic acid groups (broad SMARTS) is 1. The highest BCUT2D eigenvalue weighted by Crippen LogP contribution is 2.19. The Balaban J connectivity index is 2.10. The Morgan fingerprint density at radius 2 is 1.86 bits per heavy atom. The smallest absolute Gasteiger partial charge is 0.335 e. The summed E-state index contributed by atoms with van der Waals surface area (Å²) >= 11 is 0. The van der Waals surface area contributed by atoms with Crippen LogP contribution in [0.2, 0.25) is 0 Å². The van der Waals surface area contributed by atoms with Crippen LogP contribution in [0, 0.1) is 0 Å². The van der Waals surface area contributed by atoms with Crippen molar-refractivity contribution in [2.24, 2.45) is 0 Å². The first-order chi connectivity index (χ1) is 10.4. The van der Waals surface area contributed by atoms with Gasteiger partial charge in [-0.15, -0.1) is 6.58 Å². The standard InChI is InChI=1S/C13H15N3O6/c1-2-5-15-10(18)11(19)16(13(15)22)7-9(17)14-6-3-4-8(14)12(20)21/h2,8H,1,3-7H2,(H,20,21)/t8-/m0/s1. The van der Waals surface area contributed by atoms with Crippen LogP contribution in [-0.4, -0.2) is 75.2 Å². The third-order valence-electron chi connectivity index (χ3n) is 3.60. The number of carbonyl (C=O) groups excluding carboxylic acids is 4. The van der Waals surface area contributed by atoms with E-state index < -0.39 is 42.3 Å². The molecular weight excluding hydrogens is 294 g/mol. The predicted molar refractivity (Wildman–Crippen MR) is 71.4 cm³/mol. The SMILES string of the molecule is C=CCN1C(=O)C(=O)N(CC(=O)N2CCC[C@H]2C(=O)O)C1=O. The minimum atomic E-state index is -1.13. The molecule has 118 valence electrons. The van der Waals surface area contributed by atoms with E-state index in [1.807, 2.05) is 0 Å². The average Bonchev–Trinajstić information content (AvgIpc) is 3.03. The van der Waals surface area contributed by atoms with E-state index in [1.165, 1.54) is 6.08 Å². The summed E-state index contributed by atoms with van der Waals surface area (Å²) in [5.41, 5.74) is 0.